The normalized spacial score (nSPS) is 18.1. The Morgan fingerprint density at radius 2 is 1.71 bits per heavy atom. The van der Waals surface area contributed by atoms with E-state index in [2.05, 4.69) is 57.3 Å². The Labute approximate surface area is 131 Å². The van der Waals surface area contributed by atoms with Gasteiger partial charge in [-0.1, -0.05) is 64.8 Å². The van der Waals surface area contributed by atoms with Crippen LogP contribution >= 0.6 is 0 Å². The molecule has 0 amide bonds. The Bertz CT molecular complexity index is 406. The first-order valence-electron chi connectivity index (χ1n) is 8.83. The van der Waals surface area contributed by atoms with Crippen molar-refractivity contribution >= 4 is 0 Å². The monoisotopic (exact) mass is 287 g/mol. The predicted molar refractivity (Wildman–Crippen MR) is 92.9 cm³/mol. The van der Waals surface area contributed by atoms with Crippen LogP contribution in [0.4, 0.5) is 0 Å². The molecule has 0 radical (unpaired) electrons. The molecule has 1 heteroatoms. The number of rotatable bonds is 6. The highest BCUT2D eigenvalue weighted by molar-refractivity contribution is 5.27. The third kappa shape index (κ3) is 4.85. The van der Waals surface area contributed by atoms with E-state index in [9.17, 15) is 0 Å². The molecule has 2 rings (SSSR count). The summed E-state index contributed by atoms with van der Waals surface area (Å²) in [5.74, 6) is 0.916. The topological polar surface area (TPSA) is 12.0 Å². The fourth-order valence-electron chi connectivity index (χ4n) is 3.62. The highest BCUT2D eigenvalue weighted by Crippen LogP contribution is 2.30. The Morgan fingerprint density at radius 3 is 2.24 bits per heavy atom. The standard InChI is InChI=1S/C20H33N/c1-5-21-19(17-8-6-7-9-17)15-12-16-10-13-18(14-11-16)20(2,3)4/h10-11,13-14,17,19,21H,5-9,12,15H2,1-4H3. The van der Waals surface area contributed by atoms with Gasteiger partial charge in [-0.3, -0.25) is 0 Å². The van der Waals surface area contributed by atoms with Gasteiger partial charge in [0.05, 0.1) is 0 Å². The summed E-state index contributed by atoms with van der Waals surface area (Å²) >= 11 is 0. The summed E-state index contributed by atoms with van der Waals surface area (Å²) in [7, 11) is 0. The summed E-state index contributed by atoms with van der Waals surface area (Å²) in [6, 6.07) is 10.0. The summed E-state index contributed by atoms with van der Waals surface area (Å²) in [5, 5.41) is 3.73. The van der Waals surface area contributed by atoms with Crippen LogP contribution in [0.15, 0.2) is 24.3 Å². The Kier molecular flexibility index (Phi) is 5.87. The minimum Gasteiger partial charge on any atom is -0.314 e. The van der Waals surface area contributed by atoms with Gasteiger partial charge in [-0.2, -0.15) is 0 Å². The average molecular weight is 287 g/mol. The zero-order valence-electron chi connectivity index (χ0n) is 14.4. The molecule has 1 fully saturated rings. The molecule has 21 heavy (non-hydrogen) atoms. The molecule has 1 aromatic carbocycles. The van der Waals surface area contributed by atoms with Gasteiger partial charge in [-0.15, -0.1) is 0 Å². The van der Waals surface area contributed by atoms with Crippen molar-refractivity contribution in [1.29, 1.82) is 0 Å². The summed E-state index contributed by atoms with van der Waals surface area (Å²) in [6.45, 7) is 10.2. The van der Waals surface area contributed by atoms with Crippen molar-refractivity contribution in [3.05, 3.63) is 35.4 Å². The third-order valence-corrected chi connectivity index (χ3v) is 5.00. The highest BCUT2D eigenvalue weighted by atomic mass is 14.9. The molecule has 0 aromatic heterocycles. The van der Waals surface area contributed by atoms with Crippen molar-refractivity contribution in [3.8, 4) is 0 Å². The second-order valence-electron chi connectivity index (χ2n) is 7.69. The molecule has 1 saturated carbocycles. The first kappa shape index (κ1) is 16.5. The summed E-state index contributed by atoms with van der Waals surface area (Å²) < 4.78 is 0. The quantitative estimate of drug-likeness (QED) is 0.769. The molecule has 1 unspecified atom stereocenters. The predicted octanol–water partition coefficient (Wildman–Crippen LogP) is 5.09. The van der Waals surface area contributed by atoms with Gasteiger partial charge in [0.1, 0.15) is 0 Å². The molecule has 1 aliphatic rings. The Balaban J connectivity index is 1.91. The van der Waals surface area contributed by atoms with Crippen molar-refractivity contribution in [2.45, 2.75) is 77.7 Å². The minimum atomic E-state index is 0.259. The zero-order chi connectivity index (χ0) is 15.3. The van der Waals surface area contributed by atoms with Crippen molar-refractivity contribution in [2.75, 3.05) is 6.54 Å². The molecule has 1 aromatic rings. The van der Waals surface area contributed by atoms with E-state index < -0.39 is 0 Å². The van der Waals surface area contributed by atoms with Crippen LogP contribution in [-0.2, 0) is 11.8 Å². The van der Waals surface area contributed by atoms with Crippen LogP contribution in [0.5, 0.6) is 0 Å². The molecule has 118 valence electrons. The molecule has 0 heterocycles. The van der Waals surface area contributed by atoms with E-state index in [1.807, 2.05) is 0 Å². The van der Waals surface area contributed by atoms with Gasteiger partial charge in [0.15, 0.2) is 0 Å². The van der Waals surface area contributed by atoms with Crippen molar-refractivity contribution in [1.82, 2.24) is 5.32 Å². The second-order valence-corrected chi connectivity index (χ2v) is 7.69. The van der Waals surface area contributed by atoms with Gasteiger partial charge < -0.3 is 5.32 Å². The molecule has 0 bridgehead atoms. The largest absolute Gasteiger partial charge is 0.314 e. The lowest BCUT2D eigenvalue weighted by molar-refractivity contribution is 0.346. The lowest BCUT2D eigenvalue weighted by atomic mass is 9.86. The Morgan fingerprint density at radius 1 is 1.10 bits per heavy atom. The van der Waals surface area contributed by atoms with Crippen molar-refractivity contribution < 1.29 is 0 Å². The van der Waals surface area contributed by atoms with Gasteiger partial charge in [-0.25, -0.2) is 0 Å². The van der Waals surface area contributed by atoms with Crippen molar-refractivity contribution in [2.24, 2.45) is 5.92 Å². The number of hydrogen-bond acceptors (Lipinski definition) is 1. The third-order valence-electron chi connectivity index (χ3n) is 5.00. The van der Waals surface area contributed by atoms with E-state index in [-0.39, 0.29) is 5.41 Å². The van der Waals surface area contributed by atoms with E-state index >= 15 is 0 Å². The lowest BCUT2D eigenvalue weighted by Crippen LogP contribution is -2.35. The van der Waals surface area contributed by atoms with E-state index in [0.29, 0.717) is 0 Å². The average Bonchev–Trinajstić information content (AvgIpc) is 2.97. The molecule has 1 atom stereocenters. The SMILES string of the molecule is CCNC(CCc1ccc(C(C)(C)C)cc1)C1CCCC1. The lowest BCUT2D eigenvalue weighted by Gasteiger charge is -2.24. The van der Waals surface area contributed by atoms with Crippen LogP contribution in [0.3, 0.4) is 0 Å². The summed E-state index contributed by atoms with van der Waals surface area (Å²) in [5.41, 5.74) is 3.18. The molecular weight excluding hydrogens is 254 g/mol. The van der Waals surface area contributed by atoms with Crippen molar-refractivity contribution in [3.63, 3.8) is 0 Å². The van der Waals surface area contributed by atoms with E-state index in [1.165, 1.54) is 49.7 Å². The number of aryl methyl sites for hydroxylation is 1. The molecule has 1 nitrogen and oxygen atoms in total. The van der Waals surface area contributed by atoms with E-state index in [4.69, 9.17) is 0 Å². The first-order chi connectivity index (χ1) is 10.0. The molecule has 0 saturated heterocycles. The molecule has 0 aliphatic heterocycles. The number of benzene rings is 1. The zero-order valence-corrected chi connectivity index (χ0v) is 14.4. The first-order valence-corrected chi connectivity index (χ1v) is 8.83. The van der Waals surface area contributed by atoms with E-state index in [0.717, 1.165) is 18.5 Å². The number of nitrogens with one attached hydrogen (secondary N) is 1. The molecule has 1 N–H and O–H groups in total. The van der Waals surface area contributed by atoms with Gasteiger partial charge >= 0.3 is 0 Å². The second kappa shape index (κ2) is 7.45. The van der Waals surface area contributed by atoms with Gasteiger partial charge in [0.25, 0.3) is 0 Å². The minimum absolute atomic E-state index is 0.259. The van der Waals surface area contributed by atoms with E-state index in [1.54, 1.807) is 0 Å². The molecular formula is C20H33N. The van der Waals surface area contributed by atoms with Gasteiger partial charge in [0.2, 0.25) is 0 Å². The smallest absolute Gasteiger partial charge is 0.00983 e. The van der Waals surface area contributed by atoms with Gasteiger partial charge in [-0.05, 0) is 54.7 Å². The Hall–Kier alpha value is -0.820. The molecule has 0 spiro atoms. The maximum Gasteiger partial charge on any atom is 0.00983 e. The van der Waals surface area contributed by atoms with Crippen LogP contribution in [0.1, 0.15) is 70.9 Å². The summed E-state index contributed by atoms with van der Waals surface area (Å²) in [4.78, 5) is 0. The van der Waals surface area contributed by atoms with Crippen LogP contribution in [-0.4, -0.2) is 12.6 Å². The maximum absolute atomic E-state index is 3.73. The fraction of sp³-hybridized carbons (Fsp3) is 0.700. The fourth-order valence-corrected chi connectivity index (χ4v) is 3.62. The van der Waals surface area contributed by atoms with Crippen LogP contribution in [0.25, 0.3) is 0 Å². The van der Waals surface area contributed by atoms with Crippen LogP contribution in [0, 0.1) is 5.92 Å². The number of hydrogen-bond donors (Lipinski definition) is 1. The highest BCUT2D eigenvalue weighted by Gasteiger charge is 2.24. The molecule has 1 aliphatic carbocycles. The summed E-state index contributed by atoms with van der Waals surface area (Å²) in [6.07, 6.45) is 8.23. The van der Waals surface area contributed by atoms with Crippen LogP contribution < -0.4 is 5.32 Å². The van der Waals surface area contributed by atoms with Crippen LogP contribution in [0.2, 0.25) is 0 Å². The maximum atomic E-state index is 3.73. The van der Waals surface area contributed by atoms with Gasteiger partial charge in [0, 0.05) is 6.04 Å².